The van der Waals surface area contributed by atoms with Crippen LogP contribution < -0.4 is 15.5 Å². The predicted molar refractivity (Wildman–Crippen MR) is 158 cm³/mol. The molecule has 3 N–H and O–H groups in total. The Hall–Kier alpha value is -2.69. The molecule has 214 valence electrons. The summed E-state index contributed by atoms with van der Waals surface area (Å²) in [5, 5.41) is 19.8. The zero-order valence-corrected chi connectivity index (χ0v) is 24.3. The van der Waals surface area contributed by atoms with E-state index < -0.39 is 22.1 Å². The highest BCUT2D eigenvalue weighted by Crippen LogP contribution is 2.40. The molecule has 3 aliphatic rings. The van der Waals surface area contributed by atoms with Crippen LogP contribution in [0.1, 0.15) is 63.8 Å². The smallest absolute Gasteiger partial charge is 0.165 e. The first-order valence-electron chi connectivity index (χ1n) is 14.4. The number of fused-ring (bicyclic) bond motifs is 1. The number of pyridine rings is 1. The molecule has 0 amide bonds. The zero-order chi connectivity index (χ0) is 28.1. The Bertz CT molecular complexity index is 1430. The van der Waals surface area contributed by atoms with Crippen molar-refractivity contribution in [3.8, 4) is 0 Å². The number of hydrogen-bond acceptors (Lipinski definition) is 8. The van der Waals surface area contributed by atoms with E-state index in [1.54, 1.807) is 12.3 Å². The van der Waals surface area contributed by atoms with Gasteiger partial charge in [-0.3, -0.25) is 4.21 Å². The van der Waals surface area contributed by atoms with Gasteiger partial charge in [-0.25, -0.2) is 19.3 Å². The first-order valence-corrected chi connectivity index (χ1v) is 15.9. The predicted octanol–water partition coefficient (Wildman–Crippen LogP) is 4.54. The monoisotopic (exact) mass is 566 g/mol. The van der Waals surface area contributed by atoms with Gasteiger partial charge in [-0.05, 0) is 74.1 Å². The Morgan fingerprint density at radius 2 is 2.00 bits per heavy atom. The second-order valence-corrected chi connectivity index (χ2v) is 13.7. The largest absolute Gasteiger partial charge is 0.378 e. The van der Waals surface area contributed by atoms with Crippen molar-refractivity contribution in [3.63, 3.8) is 0 Å². The first kappa shape index (κ1) is 27.5. The van der Waals surface area contributed by atoms with Crippen molar-refractivity contribution in [2.75, 3.05) is 41.4 Å². The molecule has 1 aliphatic carbocycles. The molecule has 3 fully saturated rings. The molecule has 3 unspecified atom stereocenters. The standard InChI is InChI=1S/C30H39FN6O2S/c1-19(2)22-5-4-6-23-24(22)15-26(35-27(23)37-14-10-21(37)17-40(39)16-20-7-8-20)34-25-9-12-33-28(36-25)30(38)11-13-32-18-29(30,3)31/h4-6,9,12,15,19-21,32,38H,7-8,10-11,13-14,16-18H2,1-3H3,(H,33,34,35,36)/t21-,29?,30?,40?/m1/s1. The normalized spacial score (nSPS) is 27.6. The van der Waals surface area contributed by atoms with Crippen molar-refractivity contribution >= 4 is 39.0 Å². The van der Waals surface area contributed by atoms with E-state index in [9.17, 15) is 9.32 Å². The number of anilines is 3. The van der Waals surface area contributed by atoms with E-state index in [2.05, 4.69) is 57.5 Å². The molecule has 0 radical (unpaired) electrons. The van der Waals surface area contributed by atoms with Crippen LogP contribution >= 0.6 is 0 Å². The number of aromatic nitrogens is 3. The molecule has 0 bridgehead atoms. The van der Waals surface area contributed by atoms with Gasteiger partial charge in [0.15, 0.2) is 17.1 Å². The molecule has 8 nitrogen and oxygen atoms in total. The molecule has 2 aromatic heterocycles. The van der Waals surface area contributed by atoms with E-state index in [1.807, 2.05) is 6.07 Å². The highest BCUT2D eigenvalue weighted by atomic mass is 32.2. The summed E-state index contributed by atoms with van der Waals surface area (Å²) >= 11 is 0. The van der Waals surface area contributed by atoms with E-state index in [0.29, 0.717) is 35.8 Å². The maximum absolute atomic E-state index is 15.4. The second-order valence-electron chi connectivity index (χ2n) is 12.2. The molecule has 10 heteroatoms. The Kier molecular flexibility index (Phi) is 7.29. The van der Waals surface area contributed by atoms with Gasteiger partial charge < -0.3 is 20.6 Å². The van der Waals surface area contributed by atoms with E-state index in [0.717, 1.165) is 35.3 Å². The van der Waals surface area contributed by atoms with Crippen LogP contribution in [0, 0.1) is 5.92 Å². The maximum atomic E-state index is 15.4. The number of benzene rings is 1. The second kappa shape index (κ2) is 10.6. The van der Waals surface area contributed by atoms with Crippen molar-refractivity contribution in [1.29, 1.82) is 0 Å². The van der Waals surface area contributed by atoms with Gasteiger partial charge in [0.25, 0.3) is 0 Å². The fraction of sp³-hybridized carbons (Fsp3) is 0.567. The third-order valence-corrected chi connectivity index (χ3v) is 10.3. The summed E-state index contributed by atoms with van der Waals surface area (Å²) in [5.74, 6) is 4.44. The van der Waals surface area contributed by atoms with E-state index >= 15 is 4.39 Å². The lowest BCUT2D eigenvalue weighted by atomic mass is 9.79. The molecule has 6 rings (SSSR count). The molecular weight excluding hydrogens is 527 g/mol. The van der Waals surface area contributed by atoms with Gasteiger partial charge in [-0.15, -0.1) is 0 Å². The van der Waals surface area contributed by atoms with Gasteiger partial charge in [0, 0.05) is 53.0 Å². The molecule has 4 atom stereocenters. The molecule has 2 saturated heterocycles. The zero-order valence-electron chi connectivity index (χ0n) is 23.5. The third kappa shape index (κ3) is 5.21. The van der Waals surface area contributed by atoms with Crippen LogP contribution in [0.4, 0.5) is 21.8 Å². The molecule has 1 aromatic carbocycles. The Morgan fingerprint density at radius 3 is 2.70 bits per heavy atom. The van der Waals surface area contributed by atoms with Crippen LogP contribution in [0.15, 0.2) is 36.5 Å². The average Bonchev–Trinajstić information content (AvgIpc) is 3.72. The summed E-state index contributed by atoms with van der Waals surface area (Å²) in [4.78, 5) is 16.2. The summed E-state index contributed by atoms with van der Waals surface area (Å²) in [6.07, 6.45) is 5.15. The van der Waals surface area contributed by atoms with E-state index in [1.165, 1.54) is 25.3 Å². The molecule has 4 heterocycles. The van der Waals surface area contributed by atoms with Crippen LogP contribution in [-0.4, -0.2) is 67.1 Å². The Morgan fingerprint density at radius 1 is 1.18 bits per heavy atom. The van der Waals surface area contributed by atoms with Crippen LogP contribution in [0.3, 0.4) is 0 Å². The number of alkyl halides is 1. The lowest BCUT2D eigenvalue weighted by molar-refractivity contribution is -0.124. The number of piperidine rings is 1. The highest BCUT2D eigenvalue weighted by Gasteiger charge is 2.53. The van der Waals surface area contributed by atoms with E-state index in [4.69, 9.17) is 4.98 Å². The minimum absolute atomic E-state index is 0.0283. The summed E-state index contributed by atoms with van der Waals surface area (Å²) in [6.45, 7) is 7.12. The van der Waals surface area contributed by atoms with Crippen LogP contribution in [-0.2, 0) is 16.4 Å². The van der Waals surface area contributed by atoms with Gasteiger partial charge in [-0.1, -0.05) is 32.0 Å². The Labute approximate surface area is 237 Å². The van der Waals surface area contributed by atoms with Crippen LogP contribution in [0.2, 0.25) is 0 Å². The SMILES string of the molecule is CC(C)c1cccc2c(N3CC[C@@H]3CS(=O)CC3CC3)nc(Nc3ccnc(C4(O)CCNCC4(C)F)n3)cc12. The molecular formula is C30H39FN6O2S. The summed E-state index contributed by atoms with van der Waals surface area (Å²) in [5.41, 5.74) is -2.47. The number of nitrogens with zero attached hydrogens (tertiary/aromatic N) is 4. The van der Waals surface area contributed by atoms with Gasteiger partial charge in [0.1, 0.15) is 17.5 Å². The maximum Gasteiger partial charge on any atom is 0.165 e. The fourth-order valence-corrected chi connectivity index (χ4v) is 7.67. The number of nitrogens with one attached hydrogen (secondary N) is 2. The van der Waals surface area contributed by atoms with Crippen LogP contribution in [0.25, 0.3) is 10.8 Å². The first-order chi connectivity index (χ1) is 19.1. The quantitative estimate of drug-likeness (QED) is 0.347. The van der Waals surface area contributed by atoms with Gasteiger partial charge >= 0.3 is 0 Å². The van der Waals surface area contributed by atoms with Gasteiger partial charge in [0.2, 0.25) is 0 Å². The number of aliphatic hydroxyl groups is 1. The lowest BCUT2D eigenvalue weighted by Crippen LogP contribution is -2.58. The van der Waals surface area contributed by atoms with Crippen molar-refractivity contribution in [2.45, 2.75) is 69.7 Å². The van der Waals surface area contributed by atoms with Gasteiger partial charge in [0.05, 0.1) is 0 Å². The van der Waals surface area contributed by atoms with Crippen molar-refractivity contribution in [1.82, 2.24) is 20.3 Å². The number of rotatable bonds is 9. The van der Waals surface area contributed by atoms with Crippen molar-refractivity contribution in [3.05, 3.63) is 47.9 Å². The summed E-state index contributed by atoms with van der Waals surface area (Å²) < 4.78 is 28.2. The molecule has 3 aromatic rings. The van der Waals surface area contributed by atoms with Crippen LogP contribution in [0.5, 0.6) is 0 Å². The minimum atomic E-state index is -1.91. The Balaban J connectivity index is 1.34. The summed E-state index contributed by atoms with van der Waals surface area (Å²) in [7, 11) is -0.820. The molecule has 2 aliphatic heterocycles. The highest BCUT2D eigenvalue weighted by molar-refractivity contribution is 7.85. The van der Waals surface area contributed by atoms with E-state index in [-0.39, 0.29) is 24.8 Å². The average molecular weight is 567 g/mol. The fourth-order valence-electron chi connectivity index (χ4n) is 5.89. The molecule has 40 heavy (non-hydrogen) atoms. The van der Waals surface area contributed by atoms with Gasteiger partial charge in [-0.2, -0.15) is 0 Å². The number of halogens is 1. The molecule has 0 spiro atoms. The lowest BCUT2D eigenvalue weighted by Gasteiger charge is -2.42. The number of hydrogen-bond donors (Lipinski definition) is 3. The molecule has 1 saturated carbocycles. The van der Waals surface area contributed by atoms with Crippen molar-refractivity contribution in [2.24, 2.45) is 5.92 Å². The minimum Gasteiger partial charge on any atom is -0.378 e. The van der Waals surface area contributed by atoms with Crippen molar-refractivity contribution < 1.29 is 13.7 Å². The third-order valence-electron chi connectivity index (χ3n) is 8.69. The topological polar surface area (TPSA) is 103 Å². The summed E-state index contributed by atoms with van der Waals surface area (Å²) in [6, 6.07) is 10.3.